The van der Waals surface area contributed by atoms with Gasteiger partial charge in [-0.3, -0.25) is 0 Å². The number of benzene rings is 1. The van der Waals surface area contributed by atoms with Gasteiger partial charge in [0.2, 0.25) is 10.0 Å². The van der Waals surface area contributed by atoms with E-state index in [9.17, 15) is 21.6 Å². The van der Waals surface area contributed by atoms with Crippen LogP contribution in [0.4, 0.5) is 24.7 Å². The van der Waals surface area contributed by atoms with Gasteiger partial charge in [0.25, 0.3) is 0 Å². The molecule has 3 heterocycles. The topological polar surface area (TPSA) is 110 Å². The summed E-state index contributed by atoms with van der Waals surface area (Å²) < 4.78 is 72.6. The summed E-state index contributed by atoms with van der Waals surface area (Å²) in [6, 6.07) is 2.85. The number of aromatic nitrogens is 2. The number of ether oxygens (including phenoxy) is 1. The molecule has 1 saturated heterocycles. The summed E-state index contributed by atoms with van der Waals surface area (Å²) in [5, 5.41) is 2.64. The second kappa shape index (κ2) is 8.73. The Kier molecular flexibility index (Phi) is 6.27. The normalized spacial score (nSPS) is 18.8. The van der Waals surface area contributed by atoms with Crippen LogP contribution in [0.1, 0.15) is 54.0 Å². The number of rotatable bonds is 5. The van der Waals surface area contributed by atoms with Crippen molar-refractivity contribution in [1.82, 2.24) is 14.3 Å². The number of nitrogens with one attached hydrogen (secondary N) is 1. The number of nitrogens with zero attached hydrogens (tertiary/aromatic N) is 3. The molecular weight excluding hydrogens is 459 g/mol. The van der Waals surface area contributed by atoms with E-state index in [0.717, 1.165) is 12.1 Å². The quantitative estimate of drug-likeness (QED) is 0.625. The van der Waals surface area contributed by atoms with E-state index in [1.165, 1.54) is 10.4 Å². The highest BCUT2D eigenvalue weighted by Crippen LogP contribution is 2.35. The van der Waals surface area contributed by atoms with Gasteiger partial charge < -0.3 is 15.8 Å². The Morgan fingerprint density at radius 1 is 1.18 bits per heavy atom. The van der Waals surface area contributed by atoms with Crippen molar-refractivity contribution in [3.05, 3.63) is 46.4 Å². The number of nitrogen functional groups attached to an aromatic ring is 1. The fourth-order valence-corrected chi connectivity index (χ4v) is 6.03. The van der Waals surface area contributed by atoms with E-state index >= 15 is 0 Å². The molecule has 0 radical (unpaired) electrons. The van der Waals surface area contributed by atoms with Crippen LogP contribution in [0.2, 0.25) is 0 Å². The minimum absolute atomic E-state index is 0.00584. The van der Waals surface area contributed by atoms with Crippen molar-refractivity contribution in [3.63, 3.8) is 0 Å². The monoisotopic (exact) mass is 485 g/mol. The lowest BCUT2D eigenvalue weighted by Gasteiger charge is -2.26. The number of anilines is 2. The molecule has 0 aliphatic carbocycles. The molecule has 1 aromatic carbocycles. The third-order valence-corrected chi connectivity index (χ3v) is 8.26. The van der Waals surface area contributed by atoms with Gasteiger partial charge in [-0.25, -0.2) is 18.4 Å². The van der Waals surface area contributed by atoms with E-state index < -0.39 is 33.1 Å². The first-order valence-electron chi connectivity index (χ1n) is 10.6. The lowest BCUT2D eigenvalue weighted by Crippen LogP contribution is -2.38. The molecule has 0 saturated carbocycles. The van der Waals surface area contributed by atoms with Gasteiger partial charge in [-0.1, -0.05) is 0 Å². The lowest BCUT2D eigenvalue weighted by molar-refractivity contribution is -0.137. The van der Waals surface area contributed by atoms with Crippen molar-refractivity contribution in [1.29, 1.82) is 0 Å². The third-order valence-electron chi connectivity index (χ3n) is 5.97. The number of halogens is 3. The number of alkyl halides is 3. The summed E-state index contributed by atoms with van der Waals surface area (Å²) in [6.07, 6.45) is -3.63. The van der Waals surface area contributed by atoms with Gasteiger partial charge in [0, 0.05) is 31.0 Å². The number of nitrogens with two attached hydrogens (primary N) is 1. The van der Waals surface area contributed by atoms with Crippen LogP contribution >= 0.6 is 0 Å². The van der Waals surface area contributed by atoms with Crippen LogP contribution in [-0.4, -0.2) is 41.2 Å². The molecule has 2 aliphatic heterocycles. The molecule has 1 atom stereocenters. The van der Waals surface area contributed by atoms with Gasteiger partial charge in [-0.2, -0.15) is 17.5 Å². The Hall–Kier alpha value is -2.44. The molecule has 33 heavy (non-hydrogen) atoms. The van der Waals surface area contributed by atoms with Crippen LogP contribution < -0.4 is 11.1 Å². The molecule has 0 amide bonds. The largest absolute Gasteiger partial charge is 0.416 e. The molecule has 1 aromatic heterocycles. The molecule has 180 valence electrons. The molecule has 12 heteroatoms. The summed E-state index contributed by atoms with van der Waals surface area (Å²) in [5.41, 5.74) is 6.45. The van der Waals surface area contributed by atoms with Crippen molar-refractivity contribution < 1.29 is 26.3 Å². The molecule has 2 aromatic rings. The first-order valence-corrected chi connectivity index (χ1v) is 12.1. The zero-order valence-corrected chi connectivity index (χ0v) is 19.1. The Morgan fingerprint density at radius 2 is 1.88 bits per heavy atom. The molecule has 4 rings (SSSR count). The summed E-state index contributed by atoms with van der Waals surface area (Å²) >= 11 is 0. The summed E-state index contributed by atoms with van der Waals surface area (Å²) in [7, 11) is -3.55. The maximum absolute atomic E-state index is 13.2. The van der Waals surface area contributed by atoms with Gasteiger partial charge >= 0.3 is 6.18 Å². The fraction of sp³-hybridized carbons (Fsp3) is 0.524. The highest BCUT2D eigenvalue weighted by Gasteiger charge is 2.38. The SMILES string of the molecule is Cc1nc2c(c(N[C@H](C)c3cc(N)cc(C(F)(F)F)c3)n1)CN(S(=O)(=O)C1CCOCC1)C2. The van der Waals surface area contributed by atoms with E-state index in [1.54, 1.807) is 13.8 Å². The van der Waals surface area contributed by atoms with Gasteiger partial charge in [0.1, 0.15) is 11.6 Å². The Labute approximate surface area is 190 Å². The van der Waals surface area contributed by atoms with Crippen molar-refractivity contribution >= 4 is 21.5 Å². The predicted octanol–water partition coefficient (Wildman–Crippen LogP) is 3.38. The van der Waals surface area contributed by atoms with Crippen LogP contribution in [0.15, 0.2) is 18.2 Å². The minimum Gasteiger partial charge on any atom is -0.399 e. The molecule has 1 fully saturated rings. The van der Waals surface area contributed by atoms with Gasteiger partial charge in [0.05, 0.1) is 29.1 Å². The van der Waals surface area contributed by atoms with Crippen molar-refractivity contribution in [2.75, 3.05) is 24.3 Å². The molecule has 8 nitrogen and oxygen atoms in total. The van der Waals surface area contributed by atoms with E-state index in [0.29, 0.717) is 54.5 Å². The maximum atomic E-state index is 13.2. The van der Waals surface area contributed by atoms with Crippen molar-refractivity contribution in [3.8, 4) is 0 Å². The van der Waals surface area contributed by atoms with Crippen LogP contribution in [0.5, 0.6) is 0 Å². The highest BCUT2D eigenvalue weighted by molar-refractivity contribution is 7.89. The van der Waals surface area contributed by atoms with Crippen LogP contribution in [-0.2, 0) is 34.0 Å². The predicted molar refractivity (Wildman–Crippen MR) is 117 cm³/mol. The van der Waals surface area contributed by atoms with Crippen LogP contribution in [0.3, 0.4) is 0 Å². The minimum atomic E-state index is -4.52. The molecule has 0 unspecified atom stereocenters. The van der Waals surface area contributed by atoms with E-state index in [4.69, 9.17) is 10.5 Å². The lowest BCUT2D eigenvalue weighted by atomic mass is 10.0. The molecule has 2 aliphatic rings. The zero-order chi connectivity index (χ0) is 24.0. The number of aryl methyl sites for hydroxylation is 1. The first kappa shape index (κ1) is 23.7. The molecule has 0 spiro atoms. The van der Waals surface area contributed by atoms with Crippen LogP contribution in [0, 0.1) is 6.92 Å². The molecular formula is C21H26F3N5O3S. The van der Waals surface area contributed by atoms with Crippen LogP contribution in [0.25, 0.3) is 0 Å². The van der Waals surface area contributed by atoms with Crippen molar-refractivity contribution in [2.24, 2.45) is 0 Å². The zero-order valence-electron chi connectivity index (χ0n) is 18.3. The number of fused-ring (bicyclic) bond motifs is 1. The third kappa shape index (κ3) is 4.92. The second-order valence-corrected chi connectivity index (χ2v) is 10.6. The Balaban J connectivity index is 1.59. The summed E-state index contributed by atoms with van der Waals surface area (Å²) in [6.45, 7) is 4.45. The maximum Gasteiger partial charge on any atom is 0.416 e. The fourth-order valence-electron chi connectivity index (χ4n) is 4.21. The van der Waals surface area contributed by atoms with Gasteiger partial charge in [-0.05, 0) is 50.5 Å². The number of hydrogen-bond acceptors (Lipinski definition) is 7. The molecule has 3 N–H and O–H groups in total. The average Bonchev–Trinajstić information content (AvgIpc) is 3.18. The average molecular weight is 486 g/mol. The summed E-state index contributed by atoms with van der Waals surface area (Å²) in [4.78, 5) is 8.83. The highest BCUT2D eigenvalue weighted by atomic mass is 32.2. The Morgan fingerprint density at radius 3 is 2.55 bits per heavy atom. The Bertz CT molecular complexity index is 1150. The first-order chi connectivity index (χ1) is 15.4. The van der Waals surface area contributed by atoms with E-state index in [-0.39, 0.29) is 18.8 Å². The number of sulfonamides is 1. The molecule has 0 bridgehead atoms. The van der Waals surface area contributed by atoms with E-state index in [1.807, 2.05) is 0 Å². The van der Waals surface area contributed by atoms with Gasteiger partial charge in [0.15, 0.2) is 0 Å². The number of hydrogen-bond donors (Lipinski definition) is 2. The second-order valence-electron chi connectivity index (χ2n) is 8.42. The summed E-state index contributed by atoms with van der Waals surface area (Å²) in [5.74, 6) is 0.850. The van der Waals surface area contributed by atoms with E-state index in [2.05, 4.69) is 15.3 Å². The standard InChI is InChI=1S/C21H26F3N5O3S/c1-12(14-7-15(21(22,23)24)9-16(25)8-14)26-20-18-10-29(11-19(18)27-13(2)28-20)33(30,31)17-3-5-32-6-4-17/h7-9,12,17H,3-6,10-11,25H2,1-2H3,(H,26,27,28)/t12-/m1/s1. The van der Waals surface area contributed by atoms with Gasteiger partial charge in [-0.15, -0.1) is 0 Å². The van der Waals surface area contributed by atoms with Crippen molar-refractivity contribution in [2.45, 2.75) is 57.2 Å². The smallest absolute Gasteiger partial charge is 0.399 e.